The molecule has 0 fully saturated rings. The van der Waals surface area contributed by atoms with Crippen LogP contribution in [0.15, 0.2) is 22.8 Å². The molecule has 1 heterocycles. The van der Waals surface area contributed by atoms with Crippen molar-refractivity contribution in [3.8, 4) is 0 Å². The highest BCUT2D eigenvalue weighted by atomic mass is 79.9. The van der Waals surface area contributed by atoms with Gasteiger partial charge in [0.2, 0.25) is 0 Å². The molecule has 0 amide bonds. The largest absolute Gasteiger partial charge is 0.316 e. The van der Waals surface area contributed by atoms with Crippen LogP contribution in [0.5, 0.6) is 0 Å². The molecule has 0 aliphatic rings. The zero-order chi connectivity index (χ0) is 13.6. The summed E-state index contributed by atoms with van der Waals surface area (Å²) in [5.74, 6) is 0.723. The third-order valence-electron chi connectivity index (χ3n) is 2.98. The van der Waals surface area contributed by atoms with Crippen molar-refractivity contribution in [2.75, 3.05) is 13.1 Å². The van der Waals surface area contributed by atoms with Gasteiger partial charge in [0, 0.05) is 16.4 Å². The van der Waals surface area contributed by atoms with Gasteiger partial charge in [0.15, 0.2) is 0 Å². The summed E-state index contributed by atoms with van der Waals surface area (Å²) in [6.45, 7) is 11.3. The van der Waals surface area contributed by atoms with E-state index in [1.54, 1.807) is 0 Å². The molecular weight excluding hydrogens is 288 g/mol. The van der Waals surface area contributed by atoms with E-state index < -0.39 is 0 Å². The molecule has 102 valence electrons. The van der Waals surface area contributed by atoms with Crippen molar-refractivity contribution < 1.29 is 0 Å². The van der Waals surface area contributed by atoms with E-state index in [0.29, 0.717) is 5.41 Å². The number of nitrogens with one attached hydrogen (secondary N) is 1. The lowest BCUT2D eigenvalue weighted by atomic mass is 9.84. The van der Waals surface area contributed by atoms with E-state index in [1.807, 2.05) is 6.20 Å². The van der Waals surface area contributed by atoms with Gasteiger partial charge in [-0.3, -0.25) is 4.98 Å². The molecular formula is C15H25BrN2. The molecule has 0 aliphatic heterocycles. The van der Waals surface area contributed by atoms with E-state index in [4.69, 9.17) is 0 Å². The van der Waals surface area contributed by atoms with Gasteiger partial charge in [-0.15, -0.1) is 0 Å². The molecule has 1 rings (SSSR count). The number of aromatic nitrogens is 1. The van der Waals surface area contributed by atoms with Gasteiger partial charge in [0.1, 0.15) is 0 Å². The van der Waals surface area contributed by atoms with Gasteiger partial charge in [0.25, 0.3) is 0 Å². The van der Waals surface area contributed by atoms with Crippen LogP contribution < -0.4 is 5.32 Å². The lowest BCUT2D eigenvalue weighted by Crippen LogP contribution is -2.26. The topological polar surface area (TPSA) is 24.9 Å². The molecule has 0 unspecified atom stereocenters. The van der Waals surface area contributed by atoms with Crippen molar-refractivity contribution in [2.45, 2.75) is 40.5 Å². The van der Waals surface area contributed by atoms with Crippen molar-refractivity contribution in [3.63, 3.8) is 0 Å². The Morgan fingerprint density at radius 2 is 2.06 bits per heavy atom. The predicted molar refractivity (Wildman–Crippen MR) is 81.7 cm³/mol. The van der Waals surface area contributed by atoms with E-state index in [1.165, 1.54) is 12.1 Å². The van der Waals surface area contributed by atoms with Crippen LogP contribution in [0.1, 0.15) is 39.8 Å². The first kappa shape index (κ1) is 15.6. The molecule has 0 saturated heterocycles. The second kappa shape index (κ2) is 7.25. The molecule has 0 radical (unpaired) electrons. The van der Waals surface area contributed by atoms with Crippen molar-refractivity contribution in [2.24, 2.45) is 11.3 Å². The molecule has 2 nitrogen and oxygen atoms in total. The molecule has 0 aromatic carbocycles. The summed E-state index contributed by atoms with van der Waals surface area (Å²) in [6, 6.07) is 4.17. The first-order valence-electron chi connectivity index (χ1n) is 6.70. The highest BCUT2D eigenvalue weighted by molar-refractivity contribution is 9.10. The molecule has 1 aromatic heterocycles. The number of nitrogens with zero attached hydrogens (tertiary/aromatic N) is 1. The van der Waals surface area contributed by atoms with Gasteiger partial charge < -0.3 is 5.32 Å². The van der Waals surface area contributed by atoms with Gasteiger partial charge >= 0.3 is 0 Å². The maximum atomic E-state index is 4.45. The molecule has 18 heavy (non-hydrogen) atoms. The molecule has 0 spiro atoms. The number of hydrogen-bond acceptors (Lipinski definition) is 2. The van der Waals surface area contributed by atoms with Gasteiger partial charge in [-0.25, -0.2) is 0 Å². The van der Waals surface area contributed by atoms with Crippen molar-refractivity contribution >= 4 is 15.9 Å². The highest BCUT2D eigenvalue weighted by Gasteiger charge is 2.18. The predicted octanol–water partition coefficient (Wildman–Crippen LogP) is 4.05. The van der Waals surface area contributed by atoms with Crippen LogP contribution in [0.4, 0.5) is 0 Å². The van der Waals surface area contributed by atoms with Crippen LogP contribution in [0.3, 0.4) is 0 Å². The standard InChI is InChI=1S/C15H25BrN2/c1-12(2)10-17-8-7-15(3,4)9-14-6-5-13(16)11-18-14/h5-6,11-12,17H,7-10H2,1-4H3. The van der Waals surface area contributed by atoms with Gasteiger partial charge in [-0.05, 0) is 65.3 Å². The molecule has 0 bridgehead atoms. The van der Waals surface area contributed by atoms with E-state index in [2.05, 4.69) is 66.1 Å². The fourth-order valence-corrected chi connectivity index (χ4v) is 2.14. The smallest absolute Gasteiger partial charge is 0.0413 e. The Morgan fingerprint density at radius 3 is 2.61 bits per heavy atom. The Kier molecular flexibility index (Phi) is 6.30. The second-order valence-corrected chi connectivity index (χ2v) is 7.07. The molecule has 0 atom stereocenters. The Balaban J connectivity index is 2.36. The van der Waals surface area contributed by atoms with Crippen molar-refractivity contribution in [3.05, 3.63) is 28.5 Å². The number of hydrogen-bond donors (Lipinski definition) is 1. The van der Waals surface area contributed by atoms with Gasteiger partial charge in [0.05, 0.1) is 0 Å². The molecule has 0 aliphatic carbocycles. The fraction of sp³-hybridized carbons (Fsp3) is 0.667. The summed E-state index contributed by atoms with van der Waals surface area (Å²) in [5.41, 5.74) is 1.47. The maximum Gasteiger partial charge on any atom is 0.0413 e. The lowest BCUT2D eigenvalue weighted by Gasteiger charge is -2.24. The van der Waals surface area contributed by atoms with Crippen molar-refractivity contribution in [1.29, 1.82) is 0 Å². The summed E-state index contributed by atoms with van der Waals surface area (Å²) < 4.78 is 1.04. The van der Waals surface area contributed by atoms with Crippen LogP contribution in [0.25, 0.3) is 0 Å². The zero-order valence-electron chi connectivity index (χ0n) is 12.0. The average Bonchev–Trinajstić information content (AvgIpc) is 2.27. The molecule has 0 saturated carbocycles. The number of pyridine rings is 1. The lowest BCUT2D eigenvalue weighted by molar-refractivity contribution is 0.319. The SMILES string of the molecule is CC(C)CNCCC(C)(C)Cc1ccc(Br)cn1. The summed E-state index contributed by atoms with van der Waals surface area (Å²) in [6.07, 6.45) is 4.09. The van der Waals surface area contributed by atoms with E-state index >= 15 is 0 Å². The second-order valence-electron chi connectivity index (χ2n) is 6.16. The maximum absolute atomic E-state index is 4.45. The summed E-state index contributed by atoms with van der Waals surface area (Å²) in [5, 5.41) is 3.51. The van der Waals surface area contributed by atoms with Gasteiger partial charge in [-0.2, -0.15) is 0 Å². The summed E-state index contributed by atoms with van der Waals surface area (Å²) in [4.78, 5) is 4.45. The number of halogens is 1. The third kappa shape index (κ3) is 6.50. The minimum atomic E-state index is 0.296. The van der Waals surface area contributed by atoms with E-state index in [0.717, 1.165) is 29.9 Å². The average molecular weight is 313 g/mol. The van der Waals surface area contributed by atoms with Crippen LogP contribution in [-0.4, -0.2) is 18.1 Å². The van der Waals surface area contributed by atoms with Crippen LogP contribution in [-0.2, 0) is 6.42 Å². The zero-order valence-corrected chi connectivity index (χ0v) is 13.5. The summed E-state index contributed by atoms with van der Waals surface area (Å²) >= 11 is 3.42. The van der Waals surface area contributed by atoms with E-state index in [-0.39, 0.29) is 0 Å². The Hall–Kier alpha value is -0.410. The van der Waals surface area contributed by atoms with Gasteiger partial charge in [-0.1, -0.05) is 27.7 Å². The third-order valence-corrected chi connectivity index (χ3v) is 3.45. The van der Waals surface area contributed by atoms with Crippen LogP contribution >= 0.6 is 15.9 Å². The molecule has 1 aromatic rings. The summed E-state index contributed by atoms with van der Waals surface area (Å²) in [7, 11) is 0. The Labute approximate surface area is 120 Å². The van der Waals surface area contributed by atoms with E-state index in [9.17, 15) is 0 Å². The Morgan fingerprint density at radius 1 is 1.33 bits per heavy atom. The normalized spacial score (nSPS) is 12.1. The monoisotopic (exact) mass is 312 g/mol. The minimum Gasteiger partial charge on any atom is -0.316 e. The Bertz CT molecular complexity index is 344. The molecule has 1 N–H and O–H groups in total. The first-order chi connectivity index (χ1) is 8.39. The highest BCUT2D eigenvalue weighted by Crippen LogP contribution is 2.25. The van der Waals surface area contributed by atoms with Crippen molar-refractivity contribution in [1.82, 2.24) is 10.3 Å². The van der Waals surface area contributed by atoms with Crippen LogP contribution in [0.2, 0.25) is 0 Å². The number of rotatable bonds is 7. The minimum absolute atomic E-state index is 0.296. The fourth-order valence-electron chi connectivity index (χ4n) is 1.91. The van der Waals surface area contributed by atoms with Crippen LogP contribution in [0, 0.1) is 11.3 Å². The quantitative estimate of drug-likeness (QED) is 0.768. The first-order valence-corrected chi connectivity index (χ1v) is 7.49. The molecule has 3 heteroatoms.